The van der Waals surface area contributed by atoms with Gasteiger partial charge < -0.3 is 10.6 Å². The number of rotatable bonds is 7. The molecule has 5 heteroatoms. The van der Waals surface area contributed by atoms with Crippen LogP contribution in [-0.2, 0) is 4.79 Å². The maximum Gasteiger partial charge on any atom is 0.183 e. The molecule has 4 N–H and O–H groups in total. The first kappa shape index (κ1) is 19.1. The Balaban J connectivity index is 2.21. The van der Waals surface area contributed by atoms with Gasteiger partial charge in [0.05, 0.1) is 28.8 Å². The fourth-order valence-corrected chi connectivity index (χ4v) is 3.14. The van der Waals surface area contributed by atoms with Gasteiger partial charge in [-0.3, -0.25) is 9.80 Å². The van der Waals surface area contributed by atoms with Gasteiger partial charge >= 0.3 is 0 Å². The second kappa shape index (κ2) is 7.31. The average molecular weight is 342 g/mol. The number of ketones is 1. The molecule has 1 atom stereocenters. The van der Waals surface area contributed by atoms with Crippen molar-refractivity contribution in [3.8, 4) is 0 Å². The van der Waals surface area contributed by atoms with Gasteiger partial charge in [0.1, 0.15) is 0 Å². The van der Waals surface area contributed by atoms with Gasteiger partial charge in [0, 0.05) is 12.0 Å². The summed E-state index contributed by atoms with van der Waals surface area (Å²) in [6.45, 7) is 15.0. The molecule has 0 radical (unpaired) electrons. The Bertz CT molecular complexity index is 680. The van der Waals surface area contributed by atoms with Crippen LogP contribution in [0.2, 0.25) is 0 Å². The lowest BCUT2D eigenvalue weighted by Crippen LogP contribution is -2.43. The lowest BCUT2D eigenvalue weighted by molar-refractivity contribution is -0.125. The van der Waals surface area contributed by atoms with E-state index in [1.807, 2.05) is 43.9 Å². The fourth-order valence-electron chi connectivity index (χ4n) is 3.14. The monoisotopic (exact) mass is 342 g/mol. The van der Waals surface area contributed by atoms with E-state index < -0.39 is 5.41 Å². The van der Waals surface area contributed by atoms with Crippen LogP contribution in [0.25, 0.3) is 0 Å². The van der Waals surface area contributed by atoms with Crippen molar-refractivity contribution >= 4 is 17.2 Å². The normalized spacial score (nSPS) is 17.4. The molecule has 25 heavy (non-hydrogen) atoms. The molecular weight excluding hydrogens is 312 g/mol. The van der Waals surface area contributed by atoms with Crippen LogP contribution < -0.4 is 16.6 Å². The largest absolute Gasteiger partial charge is 0.397 e. The third-order valence-electron chi connectivity index (χ3n) is 5.25. The molecule has 0 bridgehead atoms. The van der Waals surface area contributed by atoms with Crippen molar-refractivity contribution < 1.29 is 4.79 Å². The van der Waals surface area contributed by atoms with Crippen LogP contribution in [0.3, 0.4) is 0 Å². The standard InChI is InChI=1S/C20H30N4O/c1-6-20(4,5)19(25)15(3)23-13-9-12-17(23)14(2)24(22)18-11-8-7-10-16(18)21/h7-8,10-11,17H,2-3,6,9,12-13,21-22H2,1,4-5H3. The van der Waals surface area contributed by atoms with E-state index in [1.165, 1.54) is 5.01 Å². The summed E-state index contributed by atoms with van der Waals surface area (Å²) in [6, 6.07) is 7.37. The summed E-state index contributed by atoms with van der Waals surface area (Å²) in [5.74, 6) is 6.36. The zero-order chi connectivity index (χ0) is 18.8. The fraction of sp³-hybridized carbons (Fsp3) is 0.450. The summed E-state index contributed by atoms with van der Waals surface area (Å²) in [4.78, 5) is 14.9. The maximum atomic E-state index is 12.8. The average Bonchev–Trinajstić information content (AvgIpc) is 3.09. The van der Waals surface area contributed by atoms with E-state index in [9.17, 15) is 4.79 Å². The molecule has 0 spiro atoms. The van der Waals surface area contributed by atoms with Crippen LogP contribution >= 0.6 is 0 Å². The highest BCUT2D eigenvalue weighted by Gasteiger charge is 2.36. The SMILES string of the molecule is C=C(C1CCCN1C(=C)C(=O)C(C)(C)CC)N(N)c1ccccc1N. The van der Waals surface area contributed by atoms with E-state index in [4.69, 9.17) is 11.6 Å². The van der Waals surface area contributed by atoms with Crippen LogP contribution in [-0.4, -0.2) is 23.3 Å². The van der Waals surface area contributed by atoms with Crippen molar-refractivity contribution in [1.29, 1.82) is 0 Å². The smallest absolute Gasteiger partial charge is 0.183 e. The summed E-state index contributed by atoms with van der Waals surface area (Å²) in [6.07, 6.45) is 2.63. The number of para-hydroxylation sites is 2. The number of anilines is 2. The lowest BCUT2D eigenvalue weighted by Gasteiger charge is -2.35. The molecule has 0 amide bonds. The quantitative estimate of drug-likeness (QED) is 0.343. The molecule has 1 saturated heterocycles. The van der Waals surface area contributed by atoms with Gasteiger partial charge in [-0.1, -0.05) is 46.1 Å². The van der Waals surface area contributed by atoms with Crippen LogP contribution in [0.15, 0.2) is 48.8 Å². The lowest BCUT2D eigenvalue weighted by atomic mass is 9.83. The zero-order valence-corrected chi connectivity index (χ0v) is 15.6. The van der Waals surface area contributed by atoms with E-state index in [0.717, 1.165) is 31.5 Å². The number of Topliss-reactive ketones (excluding diaryl/α,β-unsaturated/α-hetero) is 1. The van der Waals surface area contributed by atoms with Crippen molar-refractivity contribution in [2.75, 3.05) is 17.3 Å². The Labute approximate surface area is 150 Å². The third kappa shape index (κ3) is 3.71. The Morgan fingerprint density at radius 3 is 2.60 bits per heavy atom. The van der Waals surface area contributed by atoms with Crippen molar-refractivity contribution in [2.45, 2.75) is 46.1 Å². The highest BCUT2D eigenvalue weighted by molar-refractivity contribution is 5.98. The van der Waals surface area contributed by atoms with Gasteiger partial charge in [0.25, 0.3) is 0 Å². The number of allylic oxidation sites excluding steroid dienone is 1. The molecule has 1 heterocycles. The summed E-state index contributed by atoms with van der Waals surface area (Å²) in [7, 11) is 0. The number of hydrazine groups is 1. The first-order valence-corrected chi connectivity index (χ1v) is 8.79. The molecule has 1 aliphatic rings. The number of carbonyl (C=O) groups excluding carboxylic acids is 1. The maximum absolute atomic E-state index is 12.8. The number of nitrogen functional groups attached to an aromatic ring is 1. The Hall–Kier alpha value is -2.27. The van der Waals surface area contributed by atoms with E-state index in [1.54, 1.807) is 6.07 Å². The molecule has 1 aromatic rings. The molecule has 1 aromatic carbocycles. The molecule has 5 nitrogen and oxygen atoms in total. The van der Waals surface area contributed by atoms with Crippen LogP contribution in [0.5, 0.6) is 0 Å². The number of benzene rings is 1. The van der Waals surface area contributed by atoms with Crippen LogP contribution in [0.1, 0.15) is 40.0 Å². The molecule has 0 aromatic heterocycles. The summed E-state index contributed by atoms with van der Waals surface area (Å²) in [5.41, 5.74) is 8.18. The van der Waals surface area contributed by atoms with E-state index in [0.29, 0.717) is 17.1 Å². The Morgan fingerprint density at radius 1 is 1.36 bits per heavy atom. The van der Waals surface area contributed by atoms with Gasteiger partial charge in [-0.25, -0.2) is 5.84 Å². The van der Waals surface area contributed by atoms with Gasteiger partial charge in [-0.15, -0.1) is 0 Å². The third-order valence-corrected chi connectivity index (χ3v) is 5.25. The highest BCUT2D eigenvalue weighted by atomic mass is 16.1. The van der Waals surface area contributed by atoms with Gasteiger partial charge in [0.2, 0.25) is 0 Å². The van der Waals surface area contributed by atoms with Crippen molar-refractivity contribution in [1.82, 2.24) is 4.90 Å². The minimum Gasteiger partial charge on any atom is -0.397 e. The second-order valence-electron chi connectivity index (χ2n) is 7.28. The van der Waals surface area contributed by atoms with Gasteiger partial charge in [0.15, 0.2) is 5.78 Å². The second-order valence-corrected chi connectivity index (χ2v) is 7.28. The van der Waals surface area contributed by atoms with Gasteiger partial charge in [-0.2, -0.15) is 0 Å². The molecule has 0 saturated carbocycles. The molecule has 1 aliphatic heterocycles. The molecular formula is C20H30N4O. The number of nitrogens with two attached hydrogens (primary N) is 2. The summed E-state index contributed by atoms with van der Waals surface area (Å²) >= 11 is 0. The Morgan fingerprint density at radius 2 is 2.00 bits per heavy atom. The summed E-state index contributed by atoms with van der Waals surface area (Å²) in [5, 5.41) is 1.53. The molecule has 0 aliphatic carbocycles. The zero-order valence-electron chi connectivity index (χ0n) is 15.6. The number of hydrogen-bond acceptors (Lipinski definition) is 5. The minimum absolute atomic E-state index is 0.0475. The summed E-state index contributed by atoms with van der Waals surface area (Å²) < 4.78 is 0. The van der Waals surface area contributed by atoms with Crippen LogP contribution in [0.4, 0.5) is 11.4 Å². The first-order chi connectivity index (χ1) is 11.7. The molecule has 2 rings (SSSR count). The predicted molar refractivity (Wildman–Crippen MR) is 105 cm³/mol. The number of hydrogen-bond donors (Lipinski definition) is 2. The Kier molecular flexibility index (Phi) is 5.58. The number of nitrogens with zero attached hydrogens (tertiary/aromatic N) is 2. The van der Waals surface area contributed by atoms with E-state index >= 15 is 0 Å². The molecule has 1 unspecified atom stereocenters. The van der Waals surface area contributed by atoms with Crippen molar-refractivity contribution in [3.63, 3.8) is 0 Å². The van der Waals surface area contributed by atoms with Crippen molar-refractivity contribution in [2.24, 2.45) is 11.3 Å². The molecule has 1 fully saturated rings. The van der Waals surface area contributed by atoms with Gasteiger partial charge in [-0.05, 0) is 31.4 Å². The first-order valence-electron chi connectivity index (χ1n) is 8.79. The number of likely N-dealkylation sites (tertiary alicyclic amines) is 1. The van der Waals surface area contributed by atoms with E-state index in [2.05, 4.69) is 13.2 Å². The number of carbonyl (C=O) groups is 1. The highest BCUT2D eigenvalue weighted by Crippen LogP contribution is 2.34. The van der Waals surface area contributed by atoms with Crippen molar-refractivity contribution in [3.05, 3.63) is 48.8 Å². The topological polar surface area (TPSA) is 75.6 Å². The molecule has 136 valence electrons. The van der Waals surface area contributed by atoms with E-state index in [-0.39, 0.29) is 11.8 Å². The van der Waals surface area contributed by atoms with Crippen LogP contribution in [0, 0.1) is 5.41 Å². The predicted octanol–water partition coefficient (Wildman–Crippen LogP) is 3.45. The minimum atomic E-state index is -0.419.